The Morgan fingerprint density at radius 3 is 2.90 bits per heavy atom. The summed E-state index contributed by atoms with van der Waals surface area (Å²) in [5.74, 6) is -1.02. The molecule has 0 heterocycles. The first-order valence-corrected chi connectivity index (χ1v) is 6.87. The summed E-state index contributed by atoms with van der Waals surface area (Å²) in [7, 11) is 0. The Morgan fingerprint density at radius 2 is 2.14 bits per heavy atom. The van der Waals surface area contributed by atoms with Crippen LogP contribution in [0.3, 0.4) is 0 Å². The van der Waals surface area contributed by atoms with Crippen LogP contribution in [0.4, 0.5) is 10.1 Å². The highest BCUT2D eigenvalue weighted by Gasteiger charge is 2.27. The number of hydrogen-bond acceptors (Lipinski definition) is 3. The molecule has 0 radical (unpaired) electrons. The summed E-state index contributed by atoms with van der Waals surface area (Å²) in [6.07, 6.45) is 0.891. The van der Waals surface area contributed by atoms with Crippen LogP contribution in [-0.2, 0) is 11.2 Å². The molecule has 1 atom stereocenters. The summed E-state index contributed by atoms with van der Waals surface area (Å²) in [5, 5.41) is 0. The number of rotatable bonds is 3. The molecule has 3 nitrogen and oxygen atoms in total. The third kappa shape index (κ3) is 2.49. The van der Waals surface area contributed by atoms with E-state index in [-0.39, 0.29) is 18.1 Å². The van der Waals surface area contributed by atoms with Crippen molar-refractivity contribution in [2.45, 2.75) is 19.3 Å². The van der Waals surface area contributed by atoms with Gasteiger partial charge in [0, 0.05) is 11.6 Å². The summed E-state index contributed by atoms with van der Waals surface area (Å²) in [4.78, 5) is 12.0. The van der Waals surface area contributed by atoms with Crippen LogP contribution in [0.25, 0.3) is 0 Å². The molecule has 0 spiro atoms. The van der Waals surface area contributed by atoms with E-state index in [4.69, 9.17) is 10.5 Å². The second-order valence-corrected chi connectivity index (χ2v) is 5.40. The van der Waals surface area contributed by atoms with Gasteiger partial charge in [-0.15, -0.1) is 0 Å². The Morgan fingerprint density at radius 1 is 1.38 bits per heavy atom. The van der Waals surface area contributed by atoms with Gasteiger partial charge < -0.3 is 10.5 Å². The largest absolute Gasteiger partial charge is 0.461 e. The number of ether oxygens (including phenoxy) is 1. The summed E-state index contributed by atoms with van der Waals surface area (Å²) in [5.41, 5.74) is 8.74. The molecule has 0 aliphatic heterocycles. The molecule has 0 aromatic heterocycles. The average Bonchev–Trinajstić information content (AvgIpc) is 2.43. The minimum Gasteiger partial charge on any atom is -0.461 e. The average molecular weight is 285 g/mol. The van der Waals surface area contributed by atoms with Crippen molar-refractivity contribution in [3.05, 3.63) is 64.5 Å². The van der Waals surface area contributed by atoms with Gasteiger partial charge in [0.25, 0.3) is 0 Å². The molecule has 1 aliphatic carbocycles. The topological polar surface area (TPSA) is 52.3 Å². The van der Waals surface area contributed by atoms with E-state index < -0.39 is 11.8 Å². The maximum atomic E-state index is 13.9. The van der Waals surface area contributed by atoms with E-state index >= 15 is 0 Å². The van der Waals surface area contributed by atoms with Crippen LogP contribution in [0.1, 0.15) is 33.0 Å². The van der Waals surface area contributed by atoms with Crippen molar-refractivity contribution in [2.24, 2.45) is 0 Å². The van der Waals surface area contributed by atoms with Gasteiger partial charge in [-0.2, -0.15) is 0 Å². The summed E-state index contributed by atoms with van der Waals surface area (Å²) in [6, 6.07) is 10.9. The number of halogens is 1. The number of anilines is 1. The van der Waals surface area contributed by atoms with E-state index in [0.717, 1.165) is 6.42 Å². The third-order valence-corrected chi connectivity index (χ3v) is 3.87. The van der Waals surface area contributed by atoms with Crippen LogP contribution in [-0.4, -0.2) is 12.6 Å². The van der Waals surface area contributed by atoms with Crippen LogP contribution in [0.15, 0.2) is 36.4 Å². The molecule has 1 unspecified atom stereocenters. The number of esters is 1. The second kappa shape index (κ2) is 5.20. The number of carbonyl (C=O) groups excluding carboxylic acids is 1. The highest BCUT2D eigenvalue weighted by Crippen LogP contribution is 2.35. The molecule has 0 fully saturated rings. The molecule has 1 aliphatic rings. The molecule has 2 N–H and O–H groups in total. The van der Waals surface area contributed by atoms with Crippen LogP contribution < -0.4 is 5.73 Å². The Balaban J connectivity index is 1.69. The lowest BCUT2D eigenvalue weighted by Crippen LogP contribution is -2.23. The lowest BCUT2D eigenvalue weighted by atomic mass is 9.78. The van der Waals surface area contributed by atoms with E-state index in [1.165, 1.54) is 23.3 Å². The molecule has 0 saturated carbocycles. The third-order valence-electron chi connectivity index (χ3n) is 3.87. The molecule has 21 heavy (non-hydrogen) atoms. The van der Waals surface area contributed by atoms with Gasteiger partial charge in [0.05, 0.1) is 12.2 Å². The number of nitrogens with two attached hydrogens (primary N) is 1. The molecule has 2 aromatic rings. The number of aryl methyl sites for hydroxylation is 1. The summed E-state index contributed by atoms with van der Waals surface area (Å²) < 4.78 is 19.2. The minimum absolute atomic E-state index is 0.0971. The van der Waals surface area contributed by atoms with E-state index in [1.807, 2.05) is 18.2 Å². The quantitative estimate of drug-likeness (QED) is 0.696. The lowest BCUT2D eigenvalue weighted by Gasteiger charge is -2.29. The van der Waals surface area contributed by atoms with Crippen molar-refractivity contribution >= 4 is 11.7 Å². The van der Waals surface area contributed by atoms with E-state index in [9.17, 15) is 9.18 Å². The van der Waals surface area contributed by atoms with Gasteiger partial charge >= 0.3 is 5.97 Å². The lowest BCUT2D eigenvalue weighted by molar-refractivity contribution is 0.0464. The van der Waals surface area contributed by atoms with Gasteiger partial charge in [-0.3, -0.25) is 0 Å². The van der Waals surface area contributed by atoms with E-state index in [2.05, 4.69) is 6.07 Å². The zero-order valence-electron chi connectivity index (χ0n) is 11.7. The van der Waals surface area contributed by atoms with Crippen molar-refractivity contribution < 1.29 is 13.9 Å². The fraction of sp³-hybridized carbons (Fsp3) is 0.235. The summed E-state index contributed by atoms with van der Waals surface area (Å²) >= 11 is 0. The minimum atomic E-state index is -0.660. The normalized spacial score (nSPS) is 16.0. The number of benzene rings is 2. The van der Waals surface area contributed by atoms with Crippen LogP contribution in [0.2, 0.25) is 0 Å². The zero-order valence-corrected chi connectivity index (χ0v) is 11.7. The smallest absolute Gasteiger partial charge is 0.341 e. The van der Waals surface area contributed by atoms with Gasteiger partial charge in [-0.05, 0) is 42.2 Å². The van der Waals surface area contributed by atoms with Crippen LogP contribution >= 0.6 is 0 Å². The predicted octanol–water partition coefficient (Wildman–Crippen LogP) is 3.21. The molecule has 0 amide bonds. The van der Waals surface area contributed by atoms with E-state index in [0.29, 0.717) is 11.3 Å². The maximum absolute atomic E-state index is 13.9. The molecule has 3 rings (SSSR count). The summed E-state index contributed by atoms with van der Waals surface area (Å²) in [6.45, 7) is 1.84. The Kier molecular flexibility index (Phi) is 3.37. The first-order valence-electron chi connectivity index (χ1n) is 6.87. The Labute approximate surface area is 122 Å². The predicted molar refractivity (Wildman–Crippen MR) is 78.7 cm³/mol. The zero-order chi connectivity index (χ0) is 15.0. The Hall–Kier alpha value is -2.36. The second-order valence-electron chi connectivity index (χ2n) is 5.40. The first-order chi connectivity index (χ1) is 10.1. The monoisotopic (exact) mass is 285 g/mol. The Bertz CT molecular complexity index is 712. The highest BCUT2D eigenvalue weighted by molar-refractivity contribution is 5.91. The van der Waals surface area contributed by atoms with Crippen LogP contribution in [0.5, 0.6) is 0 Å². The van der Waals surface area contributed by atoms with Crippen molar-refractivity contribution in [1.82, 2.24) is 0 Å². The number of fused-ring (bicyclic) bond motifs is 1. The molecule has 0 bridgehead atoms. The molecule has 4 heteroatoms. The number of carbonyl (C=O) groups is 1. The van der Waals surface area contributed by atoms with Gasteiger partial charge in [0.1, 0.15) is 5.82 Å². The van der Waals surface area contributed by atoms with Gasteiger partial charge in [-0.25, -0.2) is 9.18 Å². The molecule has 108 valence electrons. The van der Waals surface area contributed by atoms with Crippen molar-refractivity contribution in [3.63, 3.8) is 0 Å². The van der Waals surface area contributed by atoms with E-state index in [1.54, 1.807) is 6.92 Å². The van der Waals surface area contributed by atoms with Crippen LogP contribution in [0, 0.1) is 12.7 Å². The number of hydrogen-bond donors (Lipinski definition) is 1. The maximum Gasteiger partial charge on any atom is 0.341 e. The standard InChI is InChI=1S/C17H16FNO2/c1-10-6-13(19)8-15(16(10)18)17(20)21-9-12-7-11-4-2-3-5-14(11)12/h2-6,8,12H,7,9,19H2,1H3. The van der Waals surface area contributed by atoms with Crippen molar-refractivity contribution in [3.8, 4) is 0 Å². The highest BCUT2D eigenvalue weighted by atomic mass is 19.1. The fourth-order valence-corrected chi connectivity index (χ4v) is 2.71. The van der Waals surface area contributed by atoms with Gasteiger partial charge in [-0.1, -0.05) is 24.3 Å². The first kappa shape index (κ1) is 13.6. The van der Waals surface area contributed by atoms with Gasteiger partial charge in [0.2, 0.25) is 0 Å². The molecule has 0 saturated heterocycles. The van der Waals surface area contributed by atoms with Crippen molar-refractivity contribution in [2.75, 3.05) is 12.3 Å². The van der Waals surface area contributed by atoms with Crippen molar-refractivity contribution in [1.29, 1.82) is 0 Å². The number of nitrogen functional groups attached to an aromatic ring is 1. The molecular weight excluding hydrogens is 269 g/mol. The molecule has 2 aromatic carbocycles. The van der Waals surface area contributed by atoms with Gasteiger partial charge in [0.15, 0.2) is 0 Å². The fourth-order valence-electron chi connectivity index (χ4n) is 2.71. The SMILES string of the molecule is Cc1cc(N)cc(C(=O)OCC2Cc3ccccc32)c1F. The molecular formula is C17H16FNO2.